The highest BCUT2D eigenvalue weighted by Gasteiger charge is 2.31. The van der Waals surface area contributed by atoms with Crippen LogP contribution in [0.3, 0.4) is 0 Å². The number of carbonyl (C=O) groups excluding carboxylic acids is 3. The van der Waals surface area contributed by atoms with Crippen LogP contribution in [0.25, 0.3) is 0 Å². The molecule has 0 radical (unpaired) electrons. The summed E-state index contributed by atoms with van der Waals surface area (Å²) in [5, 5.41) is 5.76. The first-order valence-corrected chi connectivity index (χ1v) is 9.08. The zero-order valence-corrected chi connectivity index (χ0v) is 15.7. The van der Waals surface area contributed by atoms with Crippen molar-refractivity contribution in [1.29, 1.82) is 0 Å². The minimum atomic E-state index is -0.344. The van der Waals surface area contributed by atoms with Gasteiger partial charge >= 0.3 is 0 Å². The molecule has 6 heteroatoms. The highest BCUT2D eigenvalue weighted by molar-refractivity contribution is 6.30. The van der Waals surface area contributed by atoms with E-state index in [1.165, 1.54) is 0 Å². The number of rotatable bonds is 5. The van der Waals surface area contributed by atoms with Gasteiger partial charge in [-0.15, -0.1) is 0 Å². The molecule has 0 bridgehead atoms. The Morgan fingerprint density at radius 3 is 2.17 bits per heavy atom. The summed E-state index contributed by atoms with van der Waals surface area (Å²) < 4.78 is 5.25. The summed E-state index contributed by atoms with van der Waals surface area (Å²) in [7, 11) is 1.55. The molecule has 0 aliphatic heterocycles. The van der Waals surface area contributed by atoms with Crippen LogP contribution in [0.5, 0.6) is 5.75 Å². The van der Waals surface area contributed by atoms with Gasteiger partial charge in [-0.3, -0.25) is 14.4 Å². The highest BCUT2D eigenvalue weighted by atomic mass is 16.5. The maximum atomic E-state index is 13.0. The van der Waals surface area contributed by atoms with E-state index in [-0.39, 0.29) is 29.6 Å². The number of ether oxygens (including phenoxy) is 1. The fourth-order valence-electron chi connectivity index (χ4n) is 3.41. The molecule has 0 unspecified atom stereocenters. The molecule has 1 aliphatic rings. The Labute approximate surface area is 167 Å². The van der Waals surface area contributed by atoms with Gasteiger partial charge < -0.3 is 15.4 Å². The van der Waals surface area contributed by atoms with Crippen molar-refractivity contribution in [1.82, 2.24) is 0 Å². The molecule has 0 saturated carbocycles. The molecule has 29 heavy (non-hydrogen) atoms. The Balaban J connectivity index is 1.57. The molecule has 0 fully saturated rings. The average molecular weight is 386 g/mol. The Hall–Kier alpha value is -3.93. The van der Waals surface area contributed by atoms with Crippen LogP contribution in [-0.2, 0) is 4.79 Å². The summed E-state index contributed by atoms with van der Waals surface area (Å²) in [5.41, 5.74) is 2.25. The lowest BCUT2D eigenvalue weighted by atomic mass is 9.83. The van der Waals surface area contributed by atoms with Crippen LogP contribution in [0.2, 0.25) is 0 Å². The topological polar surface area (TPSA) is 84.5 Å². The molecule has 1 aliphatic carbocycles. The predicted molar refractivity (Wildman–Crippen MR) is 110 cm³/mol. The monoisotopic (exact) mass is 386 g/mol. The number of ketones is 2. The van der Waals surface area contributed by atoms with Gasteiger partial charge in [0.2, 0.25) is 5.91 Å². The minimum Gasteiger partial charge on any atom is -0.495 e. The summed E-state index contributed by atoms with van der Waals surface area (Å²) >= 11 is 0. The van der Waals surface area contributed by atoms with E-state index in [4.69, 9.17) is 4.74 Å². The summed E-state index contributed by atoms with van der Waals surface area (Å²) in [4.78, 5) is 38.3. The van der Waals surface area contributed by atoms with Crippen molar-refractivity contribution in [3.8, 4) is 5.75 Å². The van der Waals surface area contributed by atoms with Gasteiger partial charge in [0.15, 0.2) is 11.6 Å². The molecule has 6 nitrogen and oxygen atoms in total. The van der Waals surface area contributed by atoms with E-state index >= 15 is 0 Å². The third-order valence-electron chi connectivity index (χ3n) is 4.77. The lowest BCUT2D eigenvalue weighted by Crippen LogP contribution is -2.26. The van der Waals surface area contributed by atoms with Crippen LogP contribution >= 0.6 is 0 Å². The van der Waals surface area contributed by atoms with Gasteiger partial charge in [-0.05, 0) is 18.2 Å². The second kappa shape index (κ2) is 7.59. The Bertz CT molecular complexity index is 1140. The second-order valence-electron chi connectivity index (χ2n) is 6.53. The normalized spacial score (nSPS) is 12.0. The van der Waals surface area contributed by atoms with E-state index in [0.29, 0.717) is 33.8 Å². The number of fused-ring (bicyclic) bond motifs is 2. The van der Waals surface area contributed by atoms with Gasteiger partial charge in [0.25, 0.3) is 0 Å². The smallest absolute Gasteiger partial charge is 0.243 e. The molecule has 4 rings (SSSR count). The highest BCUT2D eigenvalue weighted by Crippen LogP contribution is 2.32. The first kappa shape index (κ1) is 18.4. The van der Waals surface area contributed by atoms with Gasteiger partial charge in [-0.2, -0.15) is 0 Å². The molecular weight excluding hydrogens is 368 g/mol. The molecule has 1 amide bonds. The number of para-hydroxylation sites is 2. The molecule has 0 aromatic heterocycles. The predicted octanol–water partition coefficient (Wildman–Crippen LogP) is 3.52. The molecule has 0 atom stereocenters. The Morgan fingerprint density at radius 1 is 0.793 bits per heavy atom. The van der Waals surface area contributed by atoms with Crippen molar-refractivity contribution in [3.63, 3.8) is 0 Å². The molecule has 3 aromatic carbocycles. The van der Waals surface area contributed by atoms with E-state index in [9.17, 15) is 14.4 Å². The van der Waals surface area contributed by atoms with Crippen LogP contribution in [0, 0.1) is 0 Å². The van der Waals surface area contributed by atoms with E-state index < -0.39 is 0 Å². The van der Waals surface area contributed by atoms with Crippen LogP contribution < -0.4 is 15.4 Å². The zero-order chi connectivity index (χ0) is 20.4. The molecule has 0 saturated heterocycles. The lowest BCUT2D eigenvalue weighted by Gasteiger charge is -2.20. The summed E-state index contributed by atoms with van der Waals surface area (Å²) in [6, 6.07) is 18.8. The molecule has 0 spiro atoms. The second-order valence-corrected chi connectivity index (χ2v) is 6.53. The van der Waals surface area contributed by atoms with Gasteiger partial charge in [0, 0.05) is 16.7 Å². The first-order valence-electron chi connectivity index (χ1n) is 9.08. The van der Waals surface area contributed by atoms with E-state index in [0.717, 1.165) is 0 Å². The summed E-state index contributed by atoms with van der Waals surface area (Å²) in [6.07, 6.45) is 0. The van der Waals surface area contributed by atoms with Crippen LogP contribution in [-0.4, -0.2) is 31.1 Å². The third-order valence-corrected chi connectivity index (χ3v) is 4.77. The number of hydrogen-bond acceptors (Lipinski definition) is 5. The number of nitrogens with one attached hydrogen (secondary N) is 2. The SMILES string of the molecule is COc1ccccc1NCC(=O)Nc1cccc2c1C(=O)c1ccccc1C2=O. The molecule has 0 heterocycles. The van der Waals surface area contributed by atoms with Crippen LogP contribution in [0.1, 0.15) is 31.8 Å². The van der Waals surface area contributed by atoms with Crippen LogP contribution in [0.4, 0.5) is 11.4 Å². The molecular formula is C23H18N2O4. The van der Waals surface area contributed by atoms with Gasteiger partial charge in [-0.25, -0.2) is 0 Å². The largest absolute Gasteiger partial charge is 0.495 e. The van der Waals surface area contributed by atoms with Crippen molar-refractivity contribution in [2.45, 2.75) is 0 Å². The Morgan fingerprint density at radius 2 is 1.41 bits per heavy atom. The van der Waals surface area contributed by atoms with Crippen molar-refractivity contribution in [2.75, 3.05) is 24.3 Å². The van der Waals surface area contributed by atoms with Crippen molar-refractivity contribution >= 4 is 28.8 Å². The number of methoxy groups -OCH3 is 1. The molecule has 3 aromatic rings. The van der Waals surface area contributed by atoms with E-state index in [1.54, 1.807) is 61.7 Å². The number of amides is 1. The summed E-state index contributed by atoms with van der Waals surface area (Å²) in [5.74, 6) is -0.222. The number of benzene rings is 3. The maximum Gasteiger partial charge on any atom is 0.243 e. The number of anilines is 2. The fraction of sp³-hybridized carbons (Fsp3) is 0.0870. The number of carbonyl (C=O) groups is 3. The van der Waals surface area contributed by atoms with Crippen LogP contribution in [0.15, 0.2) is 66.7 Å². The third kappa shape index (κ3) is 3.36. The Kier molecular flexibility index (Phi) is 4.83. The van der Waals surface area contributed by atoms with Gasteiger partial charge in [-0.1, -0.05) is 48.5 Å². The number of hydrogen-bond donors (Lipinski definition) is 2. The van der Waals surface area contributed by atoms with Crippen molar-refractivity contribution < 1.29 is 19.1 Å². The lowest BCUT2D eigenvalue weighted by molar-refractivity contribution is -0.114. The molecule has 144 valence electrons. The first-order chi connectivity index (χ1) is 14.1. The van der Waals surface area contributed by atoms with Gasteiger partial charge in [0.1, 0.15) is 5.75 Å². The minimum absolute atomic E-state index is 0.0250. The van der Waals surface area contributed by atoms with Crippen molar-refractivity contribution in [2.24, 2.45) is 0 Å². The maximum absolute atomic E-state index is 13.0. The molecule has 2 N–H and O–H groups in total. The zero-order valence-electron chi connectivity index (χ0n) is 15.7. The average Bonchev–Trinajstić information content (AvgIpc) is 2.76. The van der Waals surface area contributed by atoms with E-state index in [1.807, 2.05) is 12.1 Å². The van der Waals surface area contributed by atoms with Crippen molar-refractivity contribution in [3.05, 3.63) is 89.0 Å². The fourth-order valence-corrected chi connectivity index (χ4v) is 3.41. The van der Waals surface area contributed by atoms with Gasteiger partial charge in [0.05, 0.1) is 30.6 Å². The summed E-state index contributed by atoms with van der Waals surface area (Å²) in [6.45, 7) is -0.0250. The quantitative estimate of drug-likeness (QED) is 0.548. The standard InChI is InChI=1S/C23H18N2O4/c1-29-19-12-5-4-10-17(19)24-13-20(26)25-18-11-6-9-16-21(18)23(28)15-8-3-2-7-14(15)22(16)27/h2-12,24H,13H2,1H3,(H,25,26). The van der Waals surface area contributed by atoms with E-state index in [2.05, 4.69) is 10.6 Å².